The Hall–Kier alpha value is -1.06. The summed E-state index contributed by atoms with van der Waals surface area (Å²) in [6.45, 7) is 4.36. The molecule has 1 fully saturated rings. The van der Waals surface area contributed by atoms with Crippen LogP contribution in [0.4, 0.5) is 0 Å². The summed E-state index contributed by atoms with van der Waals surface area (Å²) >= 11 is 0. The molecule has 2 aliphatic rings. The van der Waals surface area contributed by atoms with Crippen molar-refractivity contribution in [3.63, 3.8) is 0 Å². The maximum absolute atomic E-state index is 5.56. The van der Waals surface area contributed by atoms with Gasteiger partial charge < -0.3 is 15.0 Å². The Balaban J connectivity index is 1.53. The summed E-state index contributed by atoms with van der Waals surface area (Å²) in [6.07, 6.45) is 4.80. The molecule has 2 heterocycles. The molecule has 1 aromatic rings. The van der Waals surface area contributed by atoms with Crippen molar-refractivity contribution in [2.45, 2.75) is 31.7 Å². The third-order valence-corrected chi connectivity index (χ3v) is 4.44. The van der Waals surface area contributed by atoms with Crippen LogP contribution in [0, 0.1) is 0 Å². The van der Waals surface area contributed by atoms with Gasteiger partial charge in [-0.05, 0) is 56.6 Å². The molecule has 3 rings (SSSR count). The maximum atomic E-state index is 5.56. The van der Waals surface area contributed by atoms with E-state index in [9.17, 15) is 0 Å². The van der Waals surface area contributed by atoms with Gasteiger partial charge in [-0.3, -0.25) is 0 Å². The van der Waals surface area contributed by atoms with Crippen LogP contribution < -0.4 is 10.1 Å². The second kappa shape index (κ2) is 5.93. The zero-order valence-corrected chi connectivity index (χ0v) is 11.8. The number of ether oxygens (including phenoxy) is 1. The van der Waals surface area contributed by atoms with Gasteiger partial charge >= 0.3 is 0 Å². The van der Waals surface area contributed by atoms with Crippen molar-refractivity contribution in [1.82, 2.24) is 10.2 Å². The van der Waals surface area contributed by atoms with Crippen molar-refractivity contribution >= 4 is 0 Å². The van der Waals surface area contributed by atoms with Gasteiger partial charge in [-0.2, -0.15) is 0 Å². The smallest absolute Gasteiger partial charge is 0.122 e. The molecule has 19 heavy (non-hydrogen) atoms. The van der Waals surface area contributed by atoms with Crippen LogP contribution in [0.2, 0.25) is 0 Å². The van der Waals surface area contributed by atoms with Crippen molar-refractivity contribution in [1.29, 1.82) is 0 Å². The predicted octanol–water partition coefficient (Wildman–Crippen LogP) is 1.85. The molecule has 3 nitrogen and oxygen atoms in total. The van der Waals surface area contributed by atoms with Crippen LogP contribution in [0.3, 0.4) is 0 Å². The highest BCUT2D eigenvalue weighted by atomic mass is 16.5. The molecule has 3 heteroatoms. The highest BCUT2D eigenvalue weighted by Crippen LogP contribution is 2.26. The van der Waals surface area contributed by atoms with Crippen LogP contribution in [0.15, 0.2) is 18.2 Å². The van der Waals surface area contributed by atoms with E-state index in [1.807, 2.05) is 0 Å². The number of benzene rings is 1. The molecule has 0 spiro atoms. The third kappa shape index (κ3) is 3.10. The Morgan fingerprint density at radius 2 is 2.16 bits per heavy atom. The summed E-state index contributed by atoms with van der Waals surface area (Å²) in [5.74, 6) is 1.09. The Kier molecular flexibility index (Phi) is 4.04. The minimum atomic E-state index is 0.763. The summed E-state index contributed by atoms with van der Waals surface area (Å²) in [5, 5.41) is 3.43. The first kappa shape index (κ1) is 12.9. The van der Waals surface area contributed by atoms with Gasteiger partial charge in [0.1, 0.15) is 5.75 Å². The Morgan fingerprint density at radius 1 is 1.32 bits per heavy atom. The molecular weight excluding hydrogens is 236 g/mol. The van der Waals surface area contributed by atoms with E-state index in [-0.39, 0.29) is 0 Å². The lowest BCUT2D eigenvalue weighted by atomic mass is 10.0. The van der Waals surface area contributed by atoms with E-state index in [1.54, 1.807) is 0 Å². The number of rotatable bonds is 4. The minimum absolute atomic E-state index is 0.763. The van der Waals surface area contributed by atoms with Crippen molar-refractivity contribution < 1.29 is 4.74 Å². The first-order chi connectivity index (χ1) is 9.33. The highest BCUT2D eigenvalue weighted by Gasteiger charge is 2.17. The number of fused-ring (bicyclic) bond motifs is 1. The van der Waals surface area contributed by atoms with Gasteiger partial charge in [0.15, 0.2) is 0 Å². The fourth-order valence-electron chi connectivity index (χ4n) is 3.13. The molecule has 2 aliphatic heterocycles. The van der Waals surface area contributed by atoms with E-state index in [4.69, 9.17) is 4.74 Å². The van der Waals surface area contributed by atoms with Gasteiger partial charge in [0, 0.05) is 19.0 Å². The second-order valence-corrected chi connectivity index (χ2v) is 5.75. The van der Waals surface area contributed by atoms with Crippen LogP contribution in [0.1, 0.15) is 24.0 Å². The largest absolute Gasteiger partial charge is 0.493 e. The number of nitrogens with zero attached hydrogens (tertiary/aromatic N) is 1. The lowest BCUT2D eigenvalue weighted by Crippen LogP contribution is -2.41. The highest BCUT2D eigenvalue weighted by molar-refractivity contribution is 5.39. The normalized spacial score (nSPS) is 19.5. The van der Waals surface area contributed by atoms with Gasteiger partial charge in [-0.1, -0.05) is 12.1 Å². The SMILES string of the molecule is CN(CCc1ccc2c(c1)CCO2)C1CCNCC1. The zero-order valence-electron chi connectivity index (χ0n) is 11.8. The molecular formula is C16H24N2O. The Morgan fingerprint density at radius 3 is 3.00 bits per heavy atom. The van der Waals surface area contributed by atoms with Crippen LogP contribution in [-0.2, 0) is 12.8 Å². The van der Waals surface area contributed by atoms with Gasteiger partial charge in [-0.25, -0.2) is 0 Å². The topological polar surface area (TPSA) is 24.5 Å². The lowest BCUT2D eigenvalue weighted by molar-refractivity contribution is 0.201. The summed E-state index contributed by atoms with van der Waals surface area (Å²) in [4.78, 5) is 2.53. The lowest BCUT2D eigenvalue weighted by Gasteiger charge is -2.31. The summed E-state index contributed by atoms with van der Waals surface area (Å²) < 4.78 is 5.56. The molecule has 104 valence electrons. The van der Waals surface area contributed by atoms with E-state index >= 15 is 0 Å². The van der Waals surface area contributed by atoms with E-state index < -0.39 is 0 Å². The molecule has 1 aromatic carbocycles. The van der Waals surface area contributed by atoms with E-state index in [0.717, 1.165) is 37.8 Å². The van der Waals surface area contributed by atoms with Crippen LogP contribution in [0.5, 0.6) is 5.75 Å². The van der Waals surface area contributed by atoms with E-state index in [0.29, 0.717) is 0 Å². The number of piperidine rings is 1. The standard InChI is InChI=1S/C16H24N2O/c1-18(15-4-8-17-9-5-15)10-6-13-2-3-16-14(12-13)7-11-19-16/h2-3,12,15,17H,4-11H2,1H3. The van der Waals surface area contributed by atoms with Crippen molar-refractivity contribution in [2.24, 2.45) is 0 Å². The van der Waals surface area contributed by atoms with Crippen molar-refractivity contribution in [3.8, 4) is 5.75 Å². The molecule has 0 aliphatic carbocycles. The van der Waals surface area contributed by atoms with Gasteiger partial charge in [0.05, 0.1) is 6.61 Å². The molecule has 1 N–H and O–H groups in total. The molecule has 0 bridgehead atoms. The average molecular weight is 260 g/mol. The zero-order chi connectivity index (χ0) is 13.1. The van der Waals surface area contributed by atoms with Gasteiger partial charge in [0.2, 0.25) is 0 Å². The van der Waals surface area contributed by atoms with E-state index in [2.05, 4.69) is 35.5 Å². The minimum Gasteiger partial charge on any atom is -0.493 e. The summed E-state index contributed by atoms with van der Waals surface area (Å²) in [6, 6.07) is 7.46. The Labute approximate surface area is 115 Å². The number of nitrogens with one attached hydrogen (secondary N) is 1. The summed E-state index contributed by atoms with van der Waals surface area (Å²) in [5.41, 5.74) is 2.84. The van der Waals surface area contributed by atoms with Crippen molar-refractivity contribution in [2.75, 3.05) is 33.3 Å². The first-order valence-corrected chi connectivity index (χ1v) is 7.48. The molecule has 0 amide bonds. The Bertz CT molecular complexity index is 427. The summed E-state index contributed by atoms with van der Waals surface area (Å²) in [7, 11) is 2.27. The molecule has 0 saturated carbocycles. The molecule has 0 radical (unpaired) electrons. The molecule has 0 aromatic heterocycles. The fourth-order valence-corrected chi connectivity index (χ4v) is 3.13. The van der Waals surface area contributed by atoms with Gasteiger partial charge in [-0.15, -0.1) is 0 Å². The van der Waals surface area contributed by atoms with Crippen LogP contribution in [-0.4, -0.2) is 44.2 Å². The molecule has 0 atom stereocenters. The van der Waals surface area contributed by atoms with Gasteiger partial charge in [0.25, 0.3) is 0 Å². The maximum Gasteiger partial charge on any atom is 0.122 e. The fraction of sp³-hybridized carbons (Fsp3) is 0.625. The first-order valence-electron chi connectivity index (χ1n) is 7.48. The number of hydrogen-bond donors (Lipinski definition) is 1. The number of hydrogen-bond acceptors (Lipinski definition) is 3. The predicted molar refractivity (Wildman–Crippen MR) is 77.9 cm³/mol. The molecule has 1 saturated heterocycles. The second-order valence-electron chi connectivity index (χ2n) is 5.75. The van der Waals surface area contributed by atoms with Crippen LogP contribution in [0.25, 0.3) is 0 Å². The molecule has 0 unspecified atom stereocenters. The quantitative estimate of drug-likeness (QED) is 0.894. The average Bonchev–Trinajstić information content (AvgIpc) is 2.93. The third-order valence-electron chi connectivity index (χ3n) is 4.44. The van der Waals surface area contributed by atoms with E-state index in [1.165, 1.54) is 37.1 Å². The number of likely N-dealkylation sites (N-methyl/N-ethyl adjacent to an activating group) is 1. The monoisotopic (exact) mass is 260 g/mol. The van der Waals surface area contributed by atoms with Crippen molar-refractivity contribution in [3.05, 3.63) is 29.3 Å². The van der Waals surface area contributed by atoms with Crippen LogP contribution >= 0.6 is 0 Å².